The normalized spacial score (nSPS) is 18.9. The number of hydrogen-bond acceptors (Lipinski definition) is 3. The van der Waals surface area contributed by atoms with Crippen molar-refractivity contribution in [2.45, 2.75) is 24.8 Å². The first-order valence-corrected chi connectivity index (χ1v) is 10.2. The van der Waals surface area contributed by atoms with Crippen molar-refractivity contribution < 1.29 is 19.4 Å². The predicted octanol–water partition coefficient (Wildman–Crippen LogP) is 4.00. The lowest BCUT2D eigenvalue weighted by atomic mass is 9.82. The lowest BCUT2D eigenvalue weighted by molar-refractivity contribution is -0.143. The first-order valence-electron chi connectivity index (χ1n) is 9.86. The van der Waals surface area contributed by atoms with Gasteiger partial charge in [0, 0.05) is 41.6 Å². The number of aromatic nitrogens is 1. The number of H-pyrrole nitrogens is 1. The first kappa shape index (κ1) is 20.4. The molecule has 0 saturated carbocycles. The minimum atomic E-state index is -0.881. The zero-order chi connectivity index (χ0) is 21.3. The lowest BCUT2D eigenvalue weighted by Gasteiger charge is -2.27. The molecule has 0 bridgehead atoms. The maximum Gasteiger partial charge on any atom is 0.307 e. The van der Waals surface area contributed by atoms with Crippen molar-refractivity contribution in [2.75, 3.05) is 13.7 Å². The van der Waals surface area contributed by atoms with E-state index in [9.17, 15) is 14.7 Å². The average molecular weight is 427 g/mol. The number of ether oxygens (including phenoxy) is 1. The number of aliphatic carboxylic acids is 1. The number of aromatic amines is 1. The third-order valence-electron chi connectivity index (χ3n) is 5.82. The molecule has 7 heteroatoms. The molecule has 3 atom stereocenters. The molecule has 1 aromatic heterocycles. The topological polar surface area (TPSA) is 91.4 Å². The molecule has 1 heterocycles. The van der Waals surface area contributed by atoms with Crippen molar-refractivity contribution in [3.8, 4) is 0 Å². The molecule has 0 fully saturated rings. The third kappa shape index (κ3) is 3.93. The van der Waals surface area contributed by atoms with E-state index in [-0.39, 0.29) is 17.9 Å². The number of benzene rings is 2. The summed E-state index contributed by atoms with van der Waals surface area (Å²) in [6, 6.07) is 14.6. The van der Waals surface area contributed by atoms with E-state index in [1.165, 1.54) is 0 Å². The molecule has 2 aromatic carbocycles. The van der Waals surface area contributed by atoms with Crippen molar-refractivity contribution in [2.24, 2.45) is 5.92 Å². The third-order valence-corrected chi connectivity index (χ3v) is 6.05. The smallest absolute Gasteiger partial charge is 0.307 e. The van der Waals surface area contributed by atoms with Gasteiger partial charge in [0.25, 0.3) is 5.91 Å². The molecule has 4 rings (SSSR count). The summed E-state index contributed by atoms with van der Waals surface area (Å²) in [5.74, 6) is -2.12. The van der Waals surface area contributed by atoms with E-state index in [0.717, 1.165) is 22.0 Å². The van der Waals surface area contributed by atoms with Crippen molar-refractivity contribution in [1.29, 1.82) is 0 Å². The van der Waals surface area contributed by atoms with E-state index in [4.69, 9.17) is 16.3 Å². The van der Waals surface area contributed by atoms with Crippen LogP contribution in [0.5, 0.6) is 0 Å². The van der Waals surface area contributed by atoms with Gasteiger partial charge in [-0.3, -0.25) is 9.59 Å². The molecule has 3 aromatic rings. The molecule has 1 aliphatic rings. The minimum absolute atomic E-state index is 0.263. The zero-order valence-electron chi connectivity index (χ0n) is 16.5. The molecule has 0 saturated heterocycles. The fraction of sp³-hybridized carbons (Fsp3) is 0.304. The maximum absolute atomic E-state index is 13.0. The summed E-state index contributed by atoms with van der Waals surface area (Å²) in [6.45, 7) is 0.346. The van der Waals surface area contributed by atoms with Crippen LogP contribution >= 0.6 is 11.6 Å². The highest BCUT2D eigenvalue weighted by Crippen LogP contribution is 2.40. The van der Waals surface area contributed by atoms with Crippen molar-refractivity contribution >= 4 is 34.4 Å². The number of hydrogen-bond donors (Lipinski definition) is 3. The van der Waals surface area contributed by atoms with E-state index in [2.05, 4.69) is 10.3 Å². The van der Waals surface area contributed by atoms with Crippen LogP contribution in [-0.2, 0) is 16.0 Å². The monoisotopic (exact) mass is 426 g/mol. The second-order valence-electron chi connectivity index (χ2n) is 7.65. The highest BCUT2D eigenvalue weighted by molar-refractivity contribution is 6.31. The van der Waals surface area contributed by atoms with Gasteiger partial charge in [-0.25, -0.2) is 0 Å². The van der Waals surface area contributed by atoms with Crippen LogP contribution in [0.4, 0.5) is 0 Å². The maximum atomic E-state index is 13.0. The second-order valence-corrected chi connectivity index (χ2v) is 8.09. The van der Waals surface area contributed by atoms with Gasteiger partial charge in [-0.2, -0.15) is 0 Å². The largest absolute Gasteiger partial charge is 0.481 e. The number of carbonyl (C=O) groups is 2. The van der Waals surface area contributed by atoms with Crippen molar-refractivity contribution in [1.82, 2.24) is 10.3 Å². The standard InChI is InChI=1S/C23H23ClN2O4/c1-30-9-8-17(23(28)29)21-16-5-3-2-4-13(16)11-19(21)26-22(27)20-12-14-10-15(24)6-7-18(14)25-20/h2-7,10,12,17,19,21,25H,8-9,11H2,1H3,(H,26,27)(H,28,29)/t17-,19-,21-/m0/s1. The van der Waals surface area contributed by atoms with Crippen molar-refractivity contribution in [3.63, 3.8) is 0 Å². The van der Waals surface area contributed by atoms with Crippen LogP contribution in [0.2, 0.25) is 5.02 Å². The molecule has 0 aliphatic heterocycles. The van der Waals surface area contributed by atoms with Crippen LogP contribution in [0.25, 0.3) is 10.9 Å². The fourth-order valence-corrected chi connectivity index (χ4v) is 4.62. The van der Waals surface area contributed by atoms with E-state index in [0.29, 0.717) is 30.2 Å². The van der Waals surface area contributed by atoms with E-state index < -0.39 is 11.9 Å². The summed E-state index contributed by atoms with van der Waals surface area (Å²) in [5.41, 5.74) is 3.29. The number of rotatable bonds is 7. The molecule has 6 nitrogen and oxygen atoms in total. The van der Waals surface area contributed by atoms with E-state index >= 15 is 0 Å². The summed E-state index contributed by atoms with van der Waals surface area (Å²) < 4.78 is 5.13. The summed E-state index contributed by atoms with van der Waals surface area (Å²) in [4.78, 5) is 28.2. The Balaban J connectivity index is 1.62. The number of nitrogens with one attached hydrogen (secondary N) is 2. The van der Waals surface area contributed by atoms with Gasteiger partial charge in [0.2, 0.25) is 0 Å². The van der Waals surface area contributed by atoms with Gasteiger partial charge in [0.15, 0.2) is 0 Å². The Bertz CT molecular complexity index is 1090. The second kappa shape index (κ2) is 8.50. The van der Waals surface area contributed by atoms with Gasteiger partial charge >= 0.3 is 5.97 Å². The highest BCUT2D eigenvalue weighted by atomic mass is 35.5. The average Bonchev–Trinajstić information content (AvgIpc) is 3.29. The molecular weight excluding hydrogens is 404 g/mol. The van der Waals surface area contributed by atoms with Gasteiger partial charge in [-0.1, -0.05) is 35.9 Å². The fourth-order valence-electron chi connectivity index (χ4n) is 4.44. The Morgan fingerprint density at radius 3 is 2.83 bits per heavy atom. The number of carboxylic acid groups (broad SMARTS) is 1. The number of carbonyl (C=O) groups excluding carboxylic acids is 1. The number of halogens is 1. The zero-order valence-corrected chi connectivity index (χ0v) is 17.3. The molecule has 1 amide bonds. The predicted molar refractivity (Wildman–Crippen MR) is 115 cm³/mol. The molecule has 1 aliphatic carbocycles. The Morgan fingerprint density at radius 1 is 1.27 bits per heavy atom. The number of carboxylic acids is 1. The highest BCUT2D eigenvalue weighted by Gasteiger charge is 2.41. The van der Waals surface area contributed by atoms with Gasteiger partial charge in [-0.05, 0) is 48.2 Å². The molecule has 156 valence electrons. The molecule has 30 heavy (non-hydrogen) atoms. The molecule has 0 radical (unpaired) electrons. The summed E-state index contributed by atoms with van der Waals surface area (Å²) in [5, 5.41) is 14.4. The van der Waals surface area contributed by atoms with E-state index in [1.807, 2.05) is 30.3 Å². The number of fused-ring (bicyclic) bond motifs is 2. The molecule has 0 spiro atoms. The van der Waals surface area contributed by atoms with Crippen LogP contribution in [0, 0.1) is 5.92 Å². The van der Waals surface area contributed by atoms with Crippen LogP contribution < -0.4 is 5.32 Å². The Hall–Kier alpha value is -2.83. The Labute approximate surface area is 179 Å². The van der Waals surface area contributed by atoms with Gasteiger partial charge in [0.1, 0.15) is 5.69 Å². The summed E-state index contributed by atoms with van der Waals surface area (Å²) in [7, 11) is 1.56. The summed E-state index contributed by atoms with van der Waals surface area (Å²) >= 11 is 6.04. The Kier molecular flexibility index (Phi) is 5.79. The quantitative estimate of drug-likeness (QED) is 0.532. The van der Waals surface area contributed by atoms with Gasteiger partial charge < -0.3 is 20.1 Å². The Morgan fingerprint density at radius 2 is 2.07 bits per heavy atom. The summed E-state index contributed by atoms with van der Waals surface area (Å²) in [6.07, 6.45) is 0.970. The van der Waals surface area contributed by atoms with Gasteiger partial charge in [-0.15, -0.1) is 0 Å². The van der Waals surface area contributed by atoms with Crippen LogP contribution in [0.3, 0.4) is 0 Å². The van der Waals surface area contributed by atoms with Crippen LogP contribution in [0.1, 0.15) is 34.0 Å². The molecule has 3 N–H and O–H groups in total. The van der Waals surface area contributed by atoms with Crippen LogP contribution in [-0.4, -0.2) is 41.7 Å². The first-order chi connectivity index (χ1) is 14.5. The van der Waals surface area contributed by atoms with E-state index in [1.54, 1.807) is 25.3 Å². The molecular formula is C23H23ClN2O4. The van der Waals surface area contributed by atoms with Crippen molar-refractivity contribution in [3.05, 3.63) is 70.4 Å². The molecule has 0 unspecified atom stereocenters. The van der Waals surface area contributed by atoms with Crippen LogP contribution in [0.15, 0.2) is 48.5 Å². The minimum Gasteiger partial charge on any atom is -0.481 e. The SMILES string of the molecule is COCC[C@H](C(=O)O)[C@@H]1c2ccccc2C[C@@H]1NC(=O)c1cc2cc(Cl)ccc2[nH]1. The number of methoxy groups -OCH3 is 1. The number of amides is 1. The van der Waals surface area contributed by atoms with Gasteiger partial charge in [0.05, 0.1) is 5.92 Å². The lowest BCUT2D eigenvalue weighted by Crippen LogP contribution is -2.42.